The number of para-hydroxylation sites is 1. The molecule has 192 valence electrons. The number of carbonyl (C=O) groups excluding carboxylic acids is 2. The van der Waals surface area contributed by atoms with E-state index in [9.17, 15) is 9.59 Å². The van der Waals surface area contributed by atoms with Gasteiger partial charge in [0.25, 0.3) is 11.8 Å². The van der Waals surface area contributed by atoms with Crippen LogP contribution in [0.3, 0.4) is 0 Å². The molecule has 0 aliphatic heterocycles. The van der Waals surface area contributed by atoms with Gasteiger partial charge < -0.3 is 10.6 Å². The zero-order chi connectivity index (χ0) is 27.2. The quantitative estimate of drug-likeness (QED) is 0.242. The third-order valence-electron chi connectivity index (χ3n) is 6.23. The van der Waals surface area contributed by atoms with Crippen LogP contribution in [0.2, 0.25) is 0 Å². The number of aromatic nitrogens is 2. The Labute approximate surface area is 227 Å². The fourth-order valence-corrected chi connectivity index (χ4v) is 4.07. The molecule has 0 radical (unpaired) electrons. The highest BCUT2D eigenvalue weighted by Gasteiger charge is 2.18. The molecule has 0 unspecified atom stereocenters. The van der Waals surface area contributed by atoms with Gasteiger partial charge in [-0.1, -0.05) is 83.9 Å². The second-order valence-electron chi connectivity index (χ2n) is 9.28. The fourth-order valence-electron chi connectivity index (χ4n) is 4.07. The molecular formula is C33H28N4O2. The molecule has 6 nitrogen and oxygen atoms in total. The van der Waals surface area contributed by atoms with Crippen LogP contribution in [0, 0.1) is 13.8 Å². The van der Waals surface area contributed by atoms with Gasteiger partial charge in [0.2, 0.25) is 0 Å². The molecule has 5 rings (SSSR count). The summed E-state index contributed by atoms with van der Waals surface area (Å²) in [5.74, 6) is -0.817. The highest BCUT2D eigenvalue weighted by molar-refractivity contribution is 6.11. The van der Waals surface area contributed by atoms with Crippen molar-refractivity contribution >= 4 is 23.6 Å². The minimum Gasteiger partial charge on any atom is -0.321 e. The van der Waals surface area contributed by atoms with E-state index in [1.54, 1.807) is 22.9 Å². The van der Waals surface area contributed by atoms with Crippen LogP contribution in [0.4, 0.5) is 5.69 Å². The number of benzene rings is 4. The van der Waals surface area contributed by atoms with E-state index in [4.69, 9.17) is 5.10 Å². The number of rotatable bonds is 7. The summed E-state index contributed by atoms with van der Waals surface area (Å²) in [4.78, 5) is 26.7. The van der Waals surface area contributed by atoms with E-state index >= 15 is 0 Å². The van der Waals surface area contributed by atoms with Gasteiger partial charge in [0.15, 0.2) is 0 Å². The van der Waals surface area contributed by atoms with Crippen LogP contribution in [0.5, 0.6) is 0 Å². The topological polar surface area (TPSA) is 76.0 Å². The summed E-state index contributed by atoms with van der Waals surface area (Å²) >= 11 is 0. The number of hydrogen-bond acceptors (Lipinski definition) is 3. The molecule has 39 heavy (non-hydrogen) atoms. The first-order valence-electron chi connectivity index (χ1n) is 12.6. The maximum Gasteiger partial charge on any atom is 0.272 e. The van der Waals surface area contributed by atoms with E-state index in [1.807, 2.05) is 117 Å². The average molecular weight is 513 g/mol. The molecule has 0 atom stereocenters. The van der Waals surface area contributed by atoms with Crippen molar-refractivity contribution in [3.63, 3.8) is 0 Å². The summed E-state index contributed by atoms with van der Waals surface area (Å²) in [7, 11) is 0. The van der Waals surface area contributed by atoms with Gasteiger partial charge in [0, 0.05) is 28.6 Å². The minimum atomic E-state index is -0.439. The molecule has 1 heterocycles. The number of carbonyl (C=O) groups is 2. The molecule has 5 aromatic rings. The minimum absolute atomic E-state index is 0.103. The lowest BCUT2D eigenvalue weighted by Crippen LogP contribution is -2.30. The van der Waals surface area contributed by atoms with E-state index in [0.717, 1.165) is 22.4 Å². The zero-order valence-electron chi connectivity index (χ0n) is 21.8. The zero-order valence-corrected chi connectivity index (χ0v) is 21.8. The van der Waals surface area contributed by atoms with Crippen molar-refractivity contribution in [3.8, 4) is 16.9 Å². The van der Waals surface area contributed by atoms with Crippen molar-refractivity contribution in [1.82, 2.24) is 15.1 Å². The normalized spacial score (nSPS) is 11.2. The van der Waals surface area contributed by atoms with Gasteiger partial charge in [-0.05, 0) is 56.3 Å². The van der Waals surface area contributed by atoms with E-state index < -0.39 is 5.91 Å². The number of hydrogen-bond donors (Lipinski definition) is 2. The first-order chi connectivity index (χ1) is 19.0. The summed E-state index contributed by atoms with van der Waals surface area (Å²) in [6.45, 7) is 3.94. The van der Waals surface area contributed by atoms with Crippen molar-refractivity contribution in [2.75, 3.05) is 5.32 Å². The molecule has 0 bridgehead atoms. The van der Waals surface area contributed by atoms with Gasteiger partial charge in [-0.2, -0.15) is 5.10 Å². The second-order valence-corrected chi connectivity index (χ2v) is 9.28. The molecule has 0 spiro atoms. The number of nitrogens with zero attached hydrogens (tertiary/aromatic N) is 2. The monoisotopic (exact) mass is 512 g/mol. The van der Waals surface area contributed by atoms with Crippen molar-refractivity contribution in [3.05, 3.63) is 143 Å². The lowest BCUT2D eigenvalue weighted by Gasteiger charge is -2.12. The number of amides is 2. The van der Waals surface area contributed by atoms with E-state index in [-0.39, 0.29) is 11.6 Å². The third-order valence-corrected chi connectivity index (χ3v) is 6.23. The Kier molecular flexibility index (Phi) is 7.46. The maximum absolute atomic E-state index is 13.5. The first kappa shape index (κ1) is 25.4. The molecule has 4 aromatic carbocycles. The van der Waals surface area contributed by atoms with Crippen molar-refractivity contribution in [2.45, 2.75) is 13.8 Å². The van der Waals surface area contributed by atoms with Gasteiger partial charge in [-0.25, -0.2) is 4.68 Å². The molecule has 0 aliphatic rings. The molecule has 0 saturated heterocycles. The summed E-state index contributed by atoms with van der Waals surface area (Å²) in [5.41, 5.74) is 6.45. The summed E-state index contributed by atoms with van der Waals surface area (Å²) in [6.07, 6.45) is 3.53. The largest absolute Gasteiger partial charge is 0.321 e. The smallest absolute Gasteiger partial charge is 0.272 e. The van der Waals surface area contributed by atoms with E-state index in [1.165, 1.54) is 0 Å². The van der Waals surface area contributed by atoms with Gasteiger partial charge in [0.1, 0.15) is 11.4 Å². The van der Waals surface area contributed by atoms with Gasteiger partial charge >= 0.3 is 0 Å². The number of anilines is 1. The van der Waals surface area contributed by atoms with Crippen LogP contribution in [-0.2, 0) is 4.79 Å². The van der Waals surface area contributed by atoms with Crippen LogP contribution >= 0.6 is 0 Å². The molecule has 0 aliphatic carbocycles. The molecule has 0 saturated carbocycles. The third kappa shape index (κ3) is 6.19. The average Bonchev–Trinajstić information content (AvgIpc) is 3.39. The standard InChI is InChI=1S/C33H28N4O2/c1-23-13-17-26(18-14-23)32(38)35-30(33(39)34-28-19-15-24(2)16-20-28)21-27-22-37(29-11-7-4-8-12-29)36-31(27)25-9-5-3-6-10-25/h3-22H,1-2H3,(H,34,39)(H,35,38)/b30-21-. The highest BCUT2D eigenvalue weighted by atomic mass is 16.2. The molecule has 0 fully saturated rings. The van der Waals surface area contributed by atoms with Crippen molar-refractivity contribution in [2.24, 2.45) is 0 Å². The van der Waals surface area contributed by atoms with Gasteiger partial charge in [0.05, 0.1) is 5.69 Å². The maximum atomic E-state index is 13.5. The second kappa shape index (κ2) is 11.4. The van der Waals surface area contributed by atoms with Crippen LogP contribution in [0.25, 0.3) is 23.0 Å². The Morgan fingerprint density at radius 1 is 0.744 bits per heavy atom. The Bertz CT molecular complexity index is 1620. The number of nitrogens with one attached hydrogen (secondary N) is 2. The molecule has 1 aromatic heterocycles. The lowest BCUT2D eigenvalue weighted by molar-refractivity contribution is -0.113. The Morgan fingerprint density at radius 3 is 1.97 bits per heavy atom. The predicted octanol–water partition coefficient (Wildman–Crippen LogP) is 6.57. The summed E-state index contributed by atoms with van der Waals surface area (Å²) in [6, 6.07) is 34.2. The van der Waals surface area contributed by atoms with Gasteiger partial charge in [-0.3, -0.25) is 9.59 Å². The van der Waals surface area contributed by atoms with E-state index in [2.05, 4.69) is 10.6 Å². The van der Waals surface area contributed by atoms with Crippen LogP contribution in [-0.4, -0.2) is 21.6 Å². The van der Waals surface area contributed by atoms with Gasteiger partial charge in [-0.15, -0.1) is 0 Å². The van der Waals surface area contributed by atoms with Crippen LogP contribution in [0.15, 0.2) is 121 Å². The first-order valence-corrected chi connectivity index (χ1v) is 12.6. The molecule has 2 N–H and O–H groups in total. The molecule has 2 amide bonds. The molecule has 6 heteroatoms. The van der Waals surface area contributed by atoms with Crippen LogP contribution in [0.1, 0.15) is 27.0 Å². The predicted molar refractivity (Wildman–Crippen MR) is 155 cm³/mol. The van der Waals surface area contributed by atoms with Crippen molar-refractivity contribution in [1.29, 1.82) is 0 Å². The van der Waals surface area contributed by atoms with Crippen LogP contribution < -0.4 is 10.6 Å². The molecular weight excluding hydrogens is 484 g/mol. The van der Waals surface area contributed by atoms with E-state index in [0.29, 0.717) is 22.5 Å². The Morgan fingerprint density at radius 2 is 1.33 bits per heavy atom. The SMILES string of the molecule is Cc1ccc(NC(=O)/C(=C/c2cn(-c3ccccc3)nc2-c2ccccc2)NC(=O)c2ccc(C)cc2)cc1. The summed E-state index contributed by atoms with van der Waals surface area (Å²) in [5, 5.41) is 10.6. The lowest BCUT2D eigenvalue weighted by atomic mass is 10.1. The highest BCUT2D eigenvalue weighted by Crippen LogP contribution is 2.26. The Hall–Kier alpha value is -5.23. The Balaban J connectivity index is 1.57. The number of aryl methyl sites for hydroxylation is 2. The fraction of sp³-hybridized carbons (Fsp3) is 0.0606. The van der Waals surface area contributed by atoms with Crippen molar-refractivity contribution < 1.29 is 9.59 Å². The summed E-state index contributed by atoms with van der Waals surface area (Å²) < 4.78 is 1.77.